The third-order valence-corrected chi connectivity index (χ3v) is 4.68. The Bertz CT molecular complexity index is 646. The van der Waals surface area contributed by atoms with Crippen molar-refractivity contribution in [3.8, 4) is 0 Å². The lowest BCUT2D eigenvalue weighted by atomic mass is 10.0. The van der Waals surface area contributed by atoms with E-state index in [2.05, 4.69) is 26.8 Å². The second-order valence-corrected chi connectivity index (χ2v) is 6.05. The van der Waals surface area contributed by atoms with Crippen LogP contribution in [0.15, 0.2) is 24.3 Å². The van der Waals surface area contributed by atoms with Crippen LogP contribution in [0.2, 0.25) is 0 Å². The molecule has 2 fully saturated rings. The van der Waals surface area contributed by atoms with E-state index in [1.807, 2.05) is 18.2 Å². The number of aromatic nitrogens is 2. The van der Waals surface area contributed by atoms with Crippen molar-refractivity contribution in [2.24, 2.45) is 17.2 Å². The van der Waals surface area contributed by atoms with E-state index >= 15 is 0 Å². The van der Waals surface area contributed by atoms with Crippen LogP contribution >= 0.6 is 0 Å². The van der Waals surface area contributed by atoms with Crippen LogP contribution in [0.5, 0.6) is 0 Å². The zero-order valence-electron chi connectivity index (χ0n) is 11.4. The predicted octanol–water partition coefficient (Wildman–Crippen LogP) is 2.52. The van der Waals surface area contributed by atoms with Gasteiger partial charge in [-0.1, -0.05) is 12.1 Å². The van der Waals surface area contributed by atoms with Gasteiger partial charge in [-0.15, -0.1) is 0 Å². The average molecular weight is 269 g/mol. The van der Waals surface area contributed by atoms with E-state index in [9.17, 15) is 0 Å². The van der Waals surface area contributed by atoms with Crippen molar-refractivity contribution < 1.29 is 0 Å². The number of nitrogen functional groups attached to an aromatic ring is 1. The monoisotopic (exact) mass is 269 g/mol. The predicted molar refractivity (Wildman–Crippen MR) is 80.2 cm³/mol. The molecule has 2 aliphatic rings. The number of para-hydroxylation sites is 1. The zero-order chi connectivity index (χ0) is 13.6. The minimum absolute atomic E-state index is 0.461. The van der Waals surface area contributed by atoms with Crippen molar-refractivity contribution in [1.29, 1.82) is 0 Å². The fourth-order valence-corrected chi connectivity index (χ4v) is 3.12. The second kappa shape index (κ2) is 4.31. The highest BCUT2D eigenvalue weighted by atomic mass is 15.3. The minimum Gasteiger partial charge on any atom is -0.369 e. The number of hydrazine groups is 1. The Labute approximate surface area is 118 Å². The van der Waals surface area contributed by atoms with Gasteiger partial charge in [0.05, 0.1) is 5.52 Å². The van der Waals surface area contributed by atoms with E-state index < -0.39 is 0 Å². The highest BCUT2D eigenvalue weighted by Gasteiger charge is 2.53. The summed E-state index contributed by atoms with van der Waals surface area (Å²) in [6, 6.07) is 8.03. The smallest absolute Gasteiger partial charge is 0.239 e. The van der Waals surface area contributed by atoms with Gasteiger partial charge >= 0.3 is 0 Å². The molecule has 1 heterocycles. The molecule has 104 valence electrons. The lowest BCUT2D eigenvalue weighted by molar-refractivity contribution is 0.466. The molecule has 5 nitrogen and oxygen atoms in total. The molecule has 4 N–H and O–H groups in total. The van der Waals surface area contributed by atoms with Crippen LogP contribution < -0.4 is 16.6 Å². The van der Waals surface area contributed by atoms with Crippen molar-refractivity contribution in [2.75, 3.05) is 17.3 Å². The number of fused-ring (bicyclic) bond motifs is 1. The first kappa shape index (κ1) is 11.9. The van der Waals surface area contributed by atoms with Crippen molar-refractivity contribution in [1.82, 2.24) is 9.97 Å². The summed E-state index contributed by atoms with van der Waals surface area (Å²) in [7, 11) is 0. The third-order valence-electron chi connectivity index (χ3n) is 4.68. The summed E-state index contributed by atoms with van der Waals surface area (Å²) >= 11 is 0. The summed E-state index contributed by atoms with van der Waals surface area (Å²) in [5, 5.41) is 4.59. The van der Waals surface area contributed by atoms with Crippen molar-refractivity contribution in [2.45, 2.75) is 25.7 Å². The van der Waals surface area contributed by atoms with Crippen LogP contribution in [-0.4, -0.2) is 16.5 Å². The number of nitrogens with zero attached hydrogens (tertiary/aromatic N) is 2. The molecule has 0 bridgehead atoms. The van der Waals surface area contributed by atoms with E-state index in [0.29, 0.717) is 11.4 Å². The summed E-state index contributed by atoms with van der Waals surface area (Å²) in [6.45, 7) is 1.02. The quantitative estimate of drug-likeness (QED) is 0.574. The molecule has 0 spiro atoms. The van der Waals surface area contributed by atoms with E-state index in [1.165, 1.54) is 25.7 Å². The fraction of sp³-hybridized carbons (Fsp3) is 0.467. The molecule has 2 aromatic rings. The standard InChI is InChI=1S/C15H19N5/c16-20-14-18-12-4-2-1-3-11(12)13(19-14)17-9-15(7-8-15)10-5-6-10/h1-4,10H,5-9,16H2,(H2,17,18,19,20). The van der Waals surface area contributed by atoms with Crippen LogP contribution in [0.3, 0.4) is 0 Å². The molecule has 0 unspecified atom stereocenters. The number of nitrogens with two attached hydrogens (primary N) is 1. The molecule has 1 aromatic carbocycles. The van der Waals surface area contributed by atoms with E-state index in [4.69, 9.17) is 5.84 Å². The number of anilines is 2. The molecule has 2 aliphatic carbocycles. The SMILES string of the molecule is NNc1nc(NCC2(C3CC3)CC2)c2ccccc2n1. The van der Waals surface area contributed by atoms with Gasteiger partial charge in [0.15, 0.2) is 0 Å². The summed E-state index contributed by atoms with van der Waals surface area (Å²) in [5.41, 5.74) is 4.00. The maximum absolute atomic E-state index is 5.46. The Morgan fingerprint density at radius 3 is 2.70 bits per heavy atom. The lowest BCUT2D eigenvalue weighted by Gasteiger charge is -2.17. The topological polar surface area (TPSA) is 75.9 Å². The number of hydrogen-bond donors (Lipinski definition) is 3. The number of hydrogen-bond acceptors (Lipinski definition) is 5. The van der Waals surface area contributed by atoms with Gasteiger partial charge in [0.1, 0.15) is 5.82 Å². The Morgan fingerprint density at radius 1 is 1.20 bits per heavy atom. The largest absolute Gasteiger partial charge is 0.369 e. The number of benzene rings is 1. The summed E-state index contributed by atoms with van der Waals surface area (Å²) in [4.78, 5) is 8.85. The Hall–Kier alpha value is -1.88. The normalized spacial score (nSPS) is 19.9. The van der Waals surface area contributed by atoms with Crippen molar-refractivity contribution in [3.63, 3.8) is 0 Å². The van der Waals surface area contributed by atoms with Crippen molar-refractivity contribution >= 4 is 22.7 Å². The minimum atomic E-state index is 0.461. The molecule has 0 aliphatic heterocycles. The maximum atomic E-state index is 5.46. The van der Waals surface area contributed by atoms with Crippen LogP contribution in [0, 0.1) is 11.3 Å². The lowest BCUT2D eigenvalue weighted by Crippen LogP contribution is -2.19. The van der Waals surface area contributed by atoms with Crippen LogP contribution in [0.4, 0.5) is 11.8 Å². The molecule has 4 rings (SSSR count). The number of nitrogens with one attached hydrogen (secondary N) is 2. The van der Waals surface area contributed by atoms with Crippen LogP contribution in [-0.2, 0) is 0 Å². The molecule has 0 saturated heterocycles. The molecule has 0 atom stereocenters. The summed E-state index contributed by atoms with van der Waals surface area (Å²) in [6.07, 6.45) is 5.52. The van der Waals surface area contributed by atoms with E-state index in [-0.39, 0.29) is 0 Å². The molecule has 5 heteroatoms. The van der Waals surface area contributed by atoms with Gasteiger partial charge in [-0.05, 0) is 49.1 Å². The highest BCUT2D eigenvalue weighted by Crippen LogP contribution is 2.61. The first-order chi connectivity index (χ1) is 9.81. The number of rotatable bonds is 5. The average Bonchev–Trinajstić information content (AvgIpc) is 3.37. The van der Waals surface area contributed by atoms with Crippen molar-refractivity contribution in [3.05, 3.63) is 24.3 Å². The molecular formula is C15H19N5. The van der Waals surface area contributed by atoms with E-state index in [0.717, 1.165) is 29.2 Å². The van der Waals surface area contributed by atoms with Gasteiger partial charge in [0.25, 0.3) is 0 Å². The van der Waals surface area contributed by atoms with Gasteiger partial charge in [-0.25, -0.2) is 10.8 Å². The van der Waals surface area contributed by atoms with Gasteiger partial charge in [-0.3, -0.25) is 5.43 Å². The first-order valence-corrected chi connectivity index (χ1v) is 7.28. The molecule has 1 aromatic heterocycles. The molecular weight excluding hydrogens is 250 g/mol. The third kappa shape index (κ3) is 1.98. The summed E-state index contributed by atoms with van der Waals surface area (Å²) < 4.78 is 0. The van der Waals surface area contributed by atoms with Crippen LogP contribution in [0.25, 0.3) is 10.9 Å². The fourth-order valence-electron chi connectivity index (χ4n) is 3.12. The highest BCUT2D eigenvalue weighted by molar-refractivity contribution is 5.90. The first-order valence-electron chi connectivity index (χ1n) is 7.28. The second-order valence-electron chi connectivity index (χ2n) is 6.05. The molecule has 20 heavy (non-hydrogen) atoms. The Balaban J connectivity index is 1.64. The maximum Gasteiger partial charge on any atom is 0.239 e. The molecule has 0 amide bonds. The van der Waals surface area contributed by atoms with Gasteiger partial charge in [-0.2, -0.15) is 4.98 Å². The van der Waals surface area contributed by atoms with Gasteiger partial charge < -0.3 is 5.32 Å². The Morgan fingerprint density at radius 2 is 2.00 bits per heavy atom. The van der Waals surface area contributed by atoms with E-state index in [1.54, 1.807) is 0 Å². The zero-order valence-corrected chi connectivity index (χ0v) is 11.4. The van der Waals surface area contributed by atoms with Crippen LogP contribution in [0.1, 0.15) is 25.7 Å². The van der Waals surface area contributed by atoms with Gasteiger partial charge in [0, 0.05) is 11.9 Å². The van der Waals surface area contributed by atoms with Gasteiger partial charge in [0.2, 0.25) is 5.95 Å². The molecule has 0 radical (unpaired) electrons. The summed E-state index contributed by atoms with van der Waals surface area (Å²) in [5.74, 6) is 7.74. The molecule has 2 saturated carbocycles. The Kier molecular flexibility index (Phi) is 2.57.